The Balaban J connectivity index is 2.14. The molecule has 2 aromatic carbocycles. The van der Waals surface area contributed by atoms with Crippen LogP contribution in [0.25, 0.3) is 11.3 Å². The molecule has 1 N–H and O–H groups in total. The van der Waals surface area contributed by atoms with Crippen molar-refractivity contribution in [3.05, 3.63) is 88.9 Å². The molecule has 0 fully saturated rings. The van der Waals surface area contributed by atoms with E-state index in [2.05, 4.69) is 11.9 Å². The van der Waals surface area contributed by atoms with Gasteiger partial charge < -0.3 is 0 Å². The molecule has 0 spiro atoms. The first-order valence-corrected chi connectivity index (χ1v) is 6.21. The molecule has 4 heteroatoms. The zero-order valence-corrected chi connectivity index (χ0v) is 10.7. The van der Waals surface area contributed by atoms with Crippen LogP contribution in [-0.4, -0.2) is 5.27 Å². The number of rotatable bonds is 3. The van der Waals surface area contributed by atoms with Gasteiger partial charge in [-0.1, -0.05) is 55.1 Å². The van der Waals surface area contributed by atoms with Crippen molar-refractivity contribution in [3.8, 4) is 5.69 Å². The topological polar surface area (TPSA) is 49.9 Å². The summed E-state index contributed by atoms with van der Waals surface area (Å²) in [6.07, 6.45) is 0. The van der Waals surface area contributed by atoms with Crippen molar-refractivity contribution in [2.24, 2.45) is 0 Å². The average Bonchev–Trinajstić information content (AvgIpc) is 2.90. The fourth-order valence-electron chi connectivity index (χ4n) is 2.07. The number of para-hydroxylation sites is 1. The van der Waals surface area contributed by atoms with E-state index in [0.717, 1.165) is 11.3 Å². The summed E-state index contributed by atoms with van der Waals surface area (Å²) in [5.41, 5.74) is 2.25. The molecular formula is C16H13N2O2+. The molecule has 0 saturated carbocycles. The summed E-state index contributed by atoms with van der Waals surface area (Å²) < 4.78 is 6.51. The number of aromatic nitrogens is 2. The normalized spacial score (nSPS) is 10.4. The Bertz CT molecular complexity index is 786. The van der Waals surface area contributed by atoms with Gasteiger partial charge in [-0.05, 0) is 15.5 Å². The maximum Gasteiger partial charge on any atom is 0.435 e. The van der Waals surface area contributed by atoms with Gasteiger partial charge in [0.15, 0.2) is 0 Å². The van der Waals surface area contributed by atoms with Crippen LogP contribution in [0.3, 0.4) is 0 Å². The zero-order chi connectivity index (χ0) is 13.9. The van der Waals surface area contributed by atoms with Gasteiger partial charge in [-0.25, -0.2) is 4.79 Å². The van der Waals surface area contributed by atoms with Gasteiger partial charge in [-0.2, -0.15) is 0 Å². The quantitative estimate of drug-likeness (QED) is 0.739. The zero-order valence-electron chi connectivity index (χ0n) is 10.7. The van der Waals surface area contributed by atoms with Crippen molar-refractivity contribution in [3.63, 3.8) is 0 Å². The standard InChI is InChI=1S/C16H12N2O2/c1-12(13-8-4-2-5-9-13)15-16(19)20-17-18(15)14-10-6-3-7-11-14/h2-11H,1H2/p+1. The molecule has 0 aliphatic carbocycles. The van der Waals surface area contributed by atoms with Crippen LogP contribution in [0, 0.1) is 0 Å². The SMILES string of the molecule is C=C(c1ccccc1)c1c(=O)o[nH][n+]1-c1ccccc1. The van der Waals surface area contributed by atoms with Gasteiger partial charge in [0.2, 0.25) is 5.69 Å². The van der Waals surface area contributed by atoms with Crippen molar-refractivity contribution in [2.75, 3.05) is 0 Å². The summed E-state index contributed by atoms with van der Waals surface area (Å²) in [5.74, 6) is 0. The second-order valence-corrected chi connectivity index (χ2v) is 4.34. The second-order valence-electron chi connectivity index (χ2n) is 4.34. The predicted octanol–water partition coefficient (Wildman–Crippen LogP) is 2.31. The highest BCUT2D eigenvalue weighted by Gasteiger charge is 2.26. The Morgan fingerprint density at radius 1 is 1.00 bits per heavy atom. The molecule has 3 aromatic rings. The molecule has 4 nitrogen and oxygen atoms in total. The smallest absolute Gasteiger partial charge is 0.282 e. The van der Waals surface area contributed by atoms with Gasteiger partial charge in [-0.3, -0.25) is 4.52 Å². The summed E-state index contributed by atoms with van der Waals surface area (Å²) in [6.45, 7) is 4.01. The fraction of sp³-hybridized carbons (Fsp3) is 0. The molecule has 0 saturated heterocycles. The molecule has 1 aromatic heterocycles. The predicted molar refractivity (Wildman–Crippen MR) is 75.4 cm³/mol. The molecule has 0 atom stereocenters. The van der Waals surface area contributed by atoms with E-state index in [4.69, 9.17) is 4.52 Å². The minimum Gasteiger partial charge on any atom is -0.282 e. The Morgan fingerprint density at radius 2 is 1.60 bits per heavy atom. The molecule has 98 valence electrons. The first kappa shape index (κ1) is 12.2. The lowest BCUT2D eigenvalue weighted by atomic mass is 10.1. The molecule has 0 aliphatic heterocycles. The molecule has 0 bridgehead atoms. The lowest BCUT2D eigenvalue weighted by molar-refractivity contribution is -0.672. The second kappa shape index (κ2) is 5.01. The minimum atomic E-state index is -0.442. The van der Waals surface area contributed by atoms with E-state index in [1.807, 2.05) is 60.7 Å². The lowest BCUT2D eigenvalue weighted by Gasteiger charge is -1.99. The maximum absolute atomic E-state index is 11.9. The highest BCUT2D eigenvalue weighted by molar-refractivity contribution is 5.74. The fourth-order valence-corrected chi connectivity index (χ4v) is 2.07. The van der Waals surface area contributed by atoms with Gasteiger partial charge >= 0.3 is 11.3 Å². The van der Waals surface area contributed by atoms with Crippen LogP contribution in [0.4, 0.5) is 0 Å². The van der Waals surface area contributed by atoms with E-state index in [-0.39, 0.29) is 0 Å². The molecule has 3 rings (SSSR count). The van der Waals surface area contributed by atoms with E-state index in [9.17, 15) is 4.79 Å². The number of H-pyrrole nitrogens is 1. The molecule has 20 heavy (non-hydrogen) atoms. The molecule has 0 radical (unpaired) electrons. The number of hydrogen-bond donors (Lipinski definition) is 1. The number of hydrogen-bond acceptors (Lipinski definition) is 2. The summed E-state index contributed by atoms with van der Waals surface area (Å²) >= 11 is 0. The molecule has 0 unspecified atom stereocenters. The van der Waals surface area contributed by atoms with Crippen molar-refractivity contribution in [1.82, 2.24) is 5.27 Å². The van der Waals surface area contributed by atoms with Crippen LogP contribution in [0.15, 0.2) is 76.6 Å². The summed E-state index contributed by atoms with van der Waals surface area (Å²) in [6, 6.07) is 19.0. The summed E-state index contributed by atoms with van der Waals surface area (Å²) in [4.78, 5) is 11.9. The van der Waals surface area contributed by atoms with E-state index < -0.39 is 5.63 Å². The monoisotopic (exact) mass is 265 g/mol. The Kier molecular flexibility index (Phi) is 3.05. The van der Waals surface area contributed by atoms with Crippen LogP contribution >= 0.6 is 0 Å². The molecule has 1 heterocycles. The van der Waals surface area contributed by atoms with E-state index in [0.29, 0.717) is 11.3 Å². The minimum absolute atomic E-state index is 0.391. The number of benzene rings is 2. The van der Waals surface area contributed by atoms with E-state index >= 15 is 0 Å². The third kappa shape index (κ3) is 2.07. The third-order valence-corrected chi connectivity index (χ3v) is 3.07. The Morgan fingerprint density at radius 3 is 2.25 bits per heavy atom. The first-order chi connectivity index (χ1) is 9.77. The highest BCUT2D eigenvalue weighted by atomic mass is 16.5. The molecule has 0 aliphatic rings. The van der Waals surface area contributed by atoms with Gasteiger partial charge in [0.05, 0.1) is 5.57 Å². The highest BCUT2D eigenvalue weighted by Crippen LogP contribution is 2.16. The Labute approximate surface area is 115 Å². The first-order valence-electron chi connectivity index (χ1n) is 6.21. The van der Waals surface area contributed by atoms with Crippen LogP contribution in [0.1, 0.15) is 11.3 Å². The van der Waals surface area contributed by atoms with E-state index in [1.54, 1.807) is 4.68 Å². The largest absolute Gasteiger partial charge is 0.435 e. The number of nitrogens with one attached hydrogen (secondary N) is 1. The van der Waals surface area contributed by atoms with Crippen molar-refractivity contribution >= 4 is 5.57 Å². The molecule has 0 amide bonds. The van der Waals surface area contributed by atoms with Crippen molar-refractivity contribution < 1.29 is 9.20 Å². The van der Waals surface area contributed by atoms with Crippen molar-refractivity contribution in [1.29, 1.82) is 0 Å². The number of nitrogens with zero attached hydrogens (tertiary/aromatic N) is 1. The van der Waals surface area contributed by atoms with E-state index in [1.165, 1.54) is 0 Å². The summed E-state index contributed by atoms with van der Waals surface area (Å²) in [7, 11) is 0. The van der Waals surface area contributed by atoms with Crippen molar-refractivity contribution in [2.45, 2.75) is 0 Å². The van der Waals surface area contributed by atoms with Gasteiger partial charge in [0.25, 0.3) is 0 Å². The van der Waals surface area contributed by atoms with Gasteiger partial charge in [0.1, 0.15) is 0 Å². The Hall–Kier alpha value is -2.88. The maximum atomic E-state index is 11.9. The third-order valence-electron chi connectivity index (χ3n) is 3.07. The lowest BCUT2D eigenvalue weighted by Crippen LogP contribution is -2.38. The summed E-state index contributed by atoms with van der Waals surface area (Å²) in [5, 5.41) is 2.61. The van der Waals surface area contributed by atoms with Crippen LogP contribution < -0.4 is 10.3 Å². The van der Waals surface area contributed by atoms with Gasteiger partial charge in [-0.15, -0.1) is 0 Å². The number of aromatic amines is 1. The average molecular weight is 265 g/mol. The van der Waals surface area contributed by atoms with Crippen LogP contribution in [0.5, 0.6) is 0 Å². The van der Waals surface area contributed by atoms with Crippen LogP contribution in [0.2, 0.25) is 0 Å². The van der Waals surface area contributed by atoms with Gasteiger partial charge in [0, 0.05) is 12.1 Å². The molecular weight excluding hydrogens is 252 g/mol. The van der Waals surface area contributed by atoms with Crippen LogP contribution in [-0.2, 0) is 0 Å².